The first-order chi connectivity index (χ1) is 6.98. The average Bonchev–Trinajstić information content (AvgIpc) is 2.68. The molecule has 1 aliphatic rings. The van der Waals surface area contributed by atoms with Crippen LogP contribution in [0, 0.1) is 18.3 Å². The number of benzene rings is 1. The van der Waals surface area contributed by atoms with Gasteiger partial charge < -0.3 is 10.8 Å². The Labute approximate surface area is 91.1 Å². The van der Waals surface area contributed by atoms with Gasteiger partial charge in [0.1, 0.15) is 5.75 Å². The number of rotatable bonds is 2. The molecule has 0 bridgehead atoms. The highest BCUT2D eigenvalue weighted by atomic mass is 16.3. The average molecular weight is 205 g/mol. The maximum Gasteiger partial charge on any atom is 0.119 e. The predicted octanol–water partition coefficient (Wildman–Crippen LogP) is 2.40. The van der Waals surface area contributed by atoms with Crippen LogP contribution in [0.1, 0.15) is 30.9 Å². The molecule has 1 aromatic rings. The lowest BCUT2D eigenvalue weighted by atomic mass is 10.0. The maximum absolute atomic E-state index is 9.91. The van der Waals surface area contributed by atoms with Gasteiger partial charge in [0.05, 0.1) is 0 Å². The van der Waals surface area contributed by atoms with E-state index in [1.165, 1.54) is 0 Å². The summed E-state index contributed by atoms with van der Waals surface area (Å²) in [6.07, 6.45) is 0. The maximum atomic E-state index is 9.91. The van der Waals surface area contributed by atoms with E-state index in [1.54, 1.807) is 0 Å². The van der Waals surface area contributed by atoms with Crippen LogP contribution in [0.15, 0.2) is 18.2 Å². The van der Waals surface area contributed by atoms with Crippen LogP contribution >= 0.6 is 0 Å². The lowest BCUT2D eigenvalue weighted by Crippen LogP contribution is -2.05. The van der Waals surface area contributed by atoms with Gasteiger partial charge in [-0.2, -0.15) is 0 Å². The second kappa shape index (κ2) is 3.24. The summed E-state index contributed by atoms with van der Waals surface area (Å²) in [5, 5.41) is 9.91. The fraction of sp³-hybridized carbons (Fsp3) is 0.538. The zero-order chi connectivity index (χ0) is 11.2. The summed E-state index contributed by atoms with van der Waals surface area (Å²) in [5.41, 5.74) is 8.13. The van der Waals surface area contributed by atoms with Crippen LogP contribution in [0.25, 0.3) is 0 Å². The summed E-state index contributed by atoms with van der Waals surface area (Å²) in [5.74, 6) is 1.35. The second-order valence-corrected chi connectivity index (χ2v) is 5.20. The third-order valence-electron chi connectivity index (χ3n) is 3.83. The van der Waals surface area contributed by atoms with Crippen molar-refractivity contribution < 1.29 is 5.11 Å². The molecule has 0 heterocycles. The lowest BCUT2D eigenvalue weighted by Gasteiger charge is -2.06. The molecule has 1 aromatic carbocycles. The molecule has 0 spiro atoms. The highest BCUT2D eigenvalue weighted by Crippen LogP contribution is 2.65. The van der Waals surface area contributed by atoms with Gasteiger partial charge in [0, 0.05) is 0 Å². The van der Waals surface area contributed by atoms with Crippen molar-refractivity contribution in [2.24, 2.45) is 17.1 Å². The van der Waals surface area contributed by atoms with E-state index in [0.717, 1.165) is 11.1 Å². The van der Waals surface area contributed by atoms with Crippen molar-refractivity contribution in [3.05, 3.63) is 29.3 Å². The Bertz CT molecular complexity index is 384. The van der Waals surface area contributed by atoms with Crippen molar-refractivity contribution in [2.45, 2.75) is 26.7 Å². The zero-order valence-electron chi connectivity index (χ0n) is 9.62. The largest absolute Gasteiger partial charge is 0.508 e. The molecule has 2 rings (SSSR count). The van der Waals surface area contributed by atoms with Crippen LogP contribution < -0.4 is 5.73 Å². The number of phenols is 1. The first kappa shape index (κ1) is 10.5. The Hall–Kier alpha value is -1.02. The number of aryl methyl sites for hydroxylation is 1. The standard InChI is InChI=1S/C13H19NO/c1-8-4-5-9(11(15)6-8)12-10(7-14)13(12,2)3/h4-6,10,12,15H,7,14H2,1-3H3/t10-,12-/m1/s1. The molecule has 0 aliphatic heterocycles. The molecular weight excluding hydrogens is 186 g/mol. The van der Waals surface area contributed by atoms with Crippen molar-refractivity contribution in [3.63, 3.8) is 0 Å². The van der Waals surface area contributed by atoms with Crippen LogP contribution in [-0.2, 0) is 0 Å². The molecule has 3 N–H and O–H groups in total. The molecule has 0 saturated heterocycles. The Morgan fingerprint density at radius 3 is 2.53 bits per heavy atom. The third kappa shape index (κ3) is 1.53. The summed E-state index contributed by atoms with van der Waals surface area (Å²) >= 11 is 0. The summed E-state index contributed by atoms with van der Waals surface area (Å²) in [6, 6.07) is 5.92. The Balaban J connectivity index is 2.33. The smallest absolute Gasteiger partial charge is 0.119 e. The molecule has 0 unspecified atom stereocenters. The van der Waals surface area contributed by atoms with Crippen molar-refractivity contribution in [2.75, 3.05) is 6.54 Å². The molecule has 0 aromatic heterocycles. The number of hydrogen-bond donors (Lipinski definition) is 2. The summed E-state index contributed by atoms with van der Waals surface area (Å²) < 4.78 is 0. The van der Waals surface area contributed by atoms with Crippen molar-refractivity contribution in [1.82, 2.24) is 0 Å². The number of aromatic hydroxyl groups is 1. The van der Waals surface area contributed by atoms with Gasteiger partial charge in [-0.05, 0) is 47.9 Å². The summed E-state index contributed by atoms with van der Waals surface area (Å²) in [7, 11) is 0. The topological polar surface area (TPSA) is 46.2 Å². The zero-order valence-corrected chi connectivity index (χ0v) is 9.62. The number of hydrogen-bond acceptors (Lipinski definition) is 2. The minimum atomic E-state index is 0.238. The van der Waals surface area contributed by atoms with E-state index in [0.29, 0.717) is 24.1 Å². The van der Waals surface area contributed by atoms with Crippen LogP contribution in [0.4, 0.5) is 0 Å². The molecule has 2 heteroatoms. The van der Waals surface area contributed by atoms with Gasteiger partial charge >= 0.3 is 0 Å². The number of nitrogens with two attached hydrogens (primary N) is 1. The Morgan fingerprint density at radius 1 is 1.40 bits per heavy atom. The van der Waals surface area contributed by atoms with E-state index >= 15 is 0 Å². The van der Waals surface area contributed by atoms with E-state index in [1.807, 2.05) is 19.1 Å². The van der Waals surface area contributed by atoms with Crippen LogP contribution in [0.3, 0.4) is 0 Å². The molecule has 2 nitrogen and oxygen atoms in total. The van der Waals surface area contributed by atoms with E-state index in [9.17, 15) is 5.11 Å². The van der Waals surface area contributed by atoms with Gasteiger partial charge in [-0.15, -0.1) is 0 Å². The molecule has 1 fully saturated rings. The molecule has 1 aliphatic carbocycles. The van der Waals surface area contributed by atoms with E-state index in [2.05, 4.69) is 19.9 Å². The summed E-state index contributed by atoms with van der Waals surface area (Å²) in [4.78, 5) is 0. The number of phenolic OH excluding ortho intramolecular Hbond substituents is 1. The van der Waals surface area contributed by atoms with E-state index in [-0.39, 0.29) is 5.41 Å². The molecule has 0 amide bonds. The molecule has 82 valence electrons. The SMILES string of the molecule is Cc1ccc([C@@H]2[C@@H](CN)C2(C)C)c(O)c1. The molecular formula is C13H19NO. The van der Waals surface area contributed by atoms with Gasteiger partial charge in [0.2, 0.25) is 0 Å². The van der Waals surface area contributed by atoms with Crippen molar-refractivity contribution >= 4 is 0 Å². The first-order valence-electron chi connectivity index (χ1n) is 5.48. The fourth-order valence-electron chi connectivity index (χ4n) is 2.72. The van der Waals surface area contributed by atoms with E-state index in [4.69, 9.17) is 5.73 Å². The first-order valence-corrected chi connectivity index (χ1v) is 5.48. The van der Waals surface area contributed by atoms with Gasteiger partial charge in [-0.3, -0.25) is 0 Å². The second-order valence-electron chi connectivity index (χ2n) is 5.20. The Kier molecular flexibility index (Phi) is 2.27. The van der Waals surface area contributed by atoms with Gasteiger partial charge in [-0.1, -0.05) is 26.0 Å². The monoisotopic (exact) mass is 205 g/mol. The van der Waals surface area contributed by atoms with Crippen LogP contribution in [0.2, 0.25) is 0 Å². The molecule has 0 radical (unpaired) electrons. The molecule has 15 heavy (non-hydrogen) atoms. The van der Waals surface area contributed by atoms with E-state index < -0.39 is 0 Å². The van der Waals surface area contributed by atoms with Crippen LogP contribution in [0.5, 0.6) is 5.75 Å². The van der Waals surface area contributed by atoms with Gasteiger partial charge in [0.25, 0.3) is 0 Å². The predicted molar refractivity (Wildman–Crippen MR) is 61.9 cm³/mol. The van der Waals surface area contributed by atoms with Crippen molar-refractivity contribution in [3.8, 4) is 5.75 Å². The van der Waals surface area contributed by atoms with Gasteiger partial charge in [0.15, 0.2) is 0 Å². The normalized spacial score (nSPS) is 27.7. The quantitative estimate of drug-likeness (QED) is 0.778. The third-order valence-corrected chi connectivity index (χ3v) is 3.83. The molecule has 1 saturated carbocycles. The lowest BCUT2D eigenvalue weighted by molar-refractivity contribution is 0.464. The summed E-state index contributed by atoms with van der Waals surface area (Å²) in [6.45, 7) is 7.12. The molecule has 2 atom stereocenters. The minimum absolute atomic E-state index is 0.238. The highest BCUT2D eigenvalue weighted by molar-refractivity contribution is 5.43. The minimum Gasteiger partial charge on any atom is -0.508 e. The highest BCUT2D eigenvalue weighted by Gasteiger charge is 2.57. The van der Waals surface area contributed by atoms with Gasteiger partial charge in [-0.25, -0.2) is 0 Å². The Morgan fingerprint density at radius 2 is 2.07 bits per heavy atom. The van der Waals surface area contributed by atoms with Crippen LogP contribution in [-0.4, -0.2) is 11.7 Å². The van der Waals surface area contributed by atoms with Crippen molar-refractivity contribution in [1.29, 1.82) is 0 Å². The fourth-order valence-corrected chi connectivity index (χ4v) is 2.72.